The van der Waals surface area contributed by atoms with Gasteiger partial charge in [-0.1, -0.05) is 47.6 Å². The maximum Gasteiger partial charge on any atom is -0.0157 e. The summed E-state index contributed by atoms with van der Waals surface area (Å²) in [5.41, 5.74) is 5.41. The molecule has 0 nitrogen and oxygen atoms in total. The van der Waals surface area contributed by atoms with E-state index in [9.17, 15) is 0 Å². The Hall–Kier alpha value is -1.30. The standard InChI is InChI=1S/C13H14/c1-10-7-11(2)9-13(8-10)12-5-3-4-6-12/h3,5-9H,4H2,1-2H3. The van der Waals surface area contributed by atoms with Crippen molar-refractivity contribution in [2.45, 2.75) is 20.3 Å². The summed E-state index contributed by atoms with van der Waals surface area (Å²) in [5, 5.41) is 0. The molecule has 0 amide bonds. The molecule has 0 unspecified atom stereocenters. The first-order chi connectivity index (χ1) is 6.25. The van der Waals surface area contributed by atoms with Crippen molar-refractivity contribution in [1.82, 2.24) is 0 Å². The van der Waals surface area contributed by atoms with Crippen LogP contribution < -0.4 is 0 Å². The lowest BCUT2D eigenvalue weighted by Crippen LogP contribution is -1.83. The SMILES string of the molecule is Cc1cc(C)cc(C2=CCC=C2)c1. The summed E-state index contributed by atoms with van der Waals surface area (Å²) in [7, 11) is 0. The van der Waals surface area contributed by atoms with Crippen LogP contribution >= 0.6 is 0 Å². The highest BCUT2D eigenvalue weighted by Gasteiger charge is 2.02. The fourth-order valence-electron chi connectivity index (χ4n) is 1.81. The average Bonchev–Trinajstić information content (AvgIpc) is 2.53. The molecule has 0 radical (unpaired) electrons. The van der Waals surface area contributed by atoms with E-state index in [1.165, 1.54) is 22.3 Å². The molecule has 0 saturated heterocycles. The molecule has 13 heavy (non-hydrogen) atoms. The second kappa shape index (κ2) is 3.21. The molecule has 0 saturated carbocycles. The van der Waals surface area contributed by atoms with Gasteiger partial charge in [0.05, 0.1) is 0 Å². The molecule has 0 atom stereocenters. The van der Waals surface area contributed by atoms with E-state index in [0.717, 1.165) is 6.42 Å². The maximum atomic E-state index is 2.27. The normalized spacial score (nSPS) is 14.8. The van der Waals surface area contributed by atoms with Crippen molar-refractivity contribution in [3.8, 4) is 0 Å². The minimum absolute atomic E-state index is 1.09. The van der Waals surface area contributed by atoms with Crippen LogP contribution in [0.3, 0.4) is 0 Å². The van der Waals surface area contributed by atoms with Crippen molar-refractivity contribution < 1.29 is 0 Å². The van der Waals surface area contributed by atoms with Gasteiger partial charge in [-0.2, -0.15) is 0 Å². The van der Waals surface area contributed by atoms with E-state index in [1.807, 2.05) is 0 Å². The van der Waals surface area contributed by atoms with Gasteiger partial charge in [0.1, 0.15) is 0 Å². The predicted octanol–water partition coefficient (Wildman–Crippen LogP) is 3.65. The topological polar surface area (TPSA) is 0 Å². The number of hydrogen-bond acceptors (Lipinski definition) is 0. The summed E-state index contributed by atoms with van der Waals surface area (Å²) in [6, 6.07) is 6.70. The number of allylic oxidation sites excluding steroid dienone is 4. The van der Waals surface area contributed by atoms with Gasteiger partial charge in [-0.25, -0.2) is 0 Å². The third-order valence-corrected chi connectivity index (χ3v) is 2.33. The Labute approximate surface area is 79.6 Å². The second-order valence-electron chi connectivity index (χ2n) is 3.67. The van der Waals surface area contributed by atoms with Crippen molar-refractivity contribution in [2.75, 3.05) is 0 Å². The monoisotopic (exact) mass is 170 g/mol. The minimum atomic E-state index is 1.09. The average molecular weight is 170 g/mol. The molecular formula is C13H14. The van der Waals surface area contributed by atoms with Gasteiger partial charge in [-0.3, -0.25) is 0 Å². The van der Waals surface area contributed by atoms with E-state index in [-0.39, 0.29) is 0 Å². The molecule has 1 aromatic rings. The first-order valence-electron chi connectivity index (χ1n) is 4.71. The zero-order valence-electron chi connectivity index (χ0n) is 8.17. The van der Waals surface area contributed by atoms with Crippen molar-refractivity contribution in [1.29, 1.82) is 0 Å². The number of rotatable bonds is 1. The molecule has 0 heterocycles. The molecule has 0 bridgehead atoms. The third-order valence-electron chi connectivity index (χ3n) is 2.33. The van der Waals surface area contributed by atoms with Gasteiger partial charge in [-0.05, 0) is 31.4 Å². The van der Waals surface area contributed by atoms with E-state index in [0.29, 0.717) is 0 Å². The lowest BCUT2D eigenvalue weighted by molar-refractivity contribution is 1.37. The molecule has 0 spiro atoms. The fraction of sp³-hybridized carbons (Fsp3) is 0.231. The van der Waals surface area contributed by atoms with Gasteiger partial charge < -0.3 is 0 Å². The first-order valence-corrected chi connectivity index (χ1v) is 4.71. The molecule has 66 valence electrons. The summed E-state index contributed by atoms with van der Waals surface area (Å²) in [6.07, 6.45) is 7.76. The van der Waals surface area contributed by atoms with Crippen LogP contribution in [-0.2, 0) is 0 Å². The number of benzene rings is 1. The van der Waals surface area contributed by atoms with Gasteiger partial charge in [0.2, 0.25) is 0 Å². The van der Waals surface area contributed by atoms with Crippen LogP contribution in [0.4, 0.5) is 0 Å². The molecule has 0 fully saturated rings. The summed E-state index contributed by atoms with van der Waals surface area (Å²) < 4.78 is 0. The van der Waals surface area contributed by atoms with Crippen molar-refractivity contribution in [3.63, 3.8) is 0 Å². The maximum absolute atomic E-state index is 2.27. The molecule has 0 heteroatoms. The van der Waals surface area contributed by atoms with Gasteiger partial charge in [0.15, 0.2) is 0 Å². The van der Waals surface area contributed by atoms with Crippen LogP contribution in [0, 0.1) is 13.8 Å². The summed E-state index contributed by atoms with van der Waals surface area (Å²) in [6.45, 7) is 4.30. The molecule has 1 aromatic carbocycles. The highest BCUT2D eigenvalue weighted by atomic mass is 14.1. The number of aryl methyl sites for hydroxylation is 2. The second-order valence-corrected chi connectivity index (χ2v) is 3.67. The lowest BCUT2D eigenvalue weighted by atomic mass is 10.0. The van der Waals surface area contributed by atoms with Crippen molar-refractivity contribution in [2.24, 2.45) is 0 Å². The van der Waals surface area contributed by atoms with Crippen LogP contribution in [0.5, 0.6) is 0 Å². The first kappa shape index (κ1) is 8.31. The summed E-state index contributed by atoms with van der Waals surface area (Å²) in [4.78, 5) is 0. The third kappa shape index (κ3) is 1.72. The van der Waals surface area contributed by atoms with Gasteiger partial charge >= 0.3 is 0 Å². The Kier molecular flexibility index (Phi) is 2.05. The Morgan fingerprint density at radius 1 is 1.00 bits per heavy atom. The Bertz CT molecular complexity index is 361. The Morgan fingerprint density at radius 3 is 2.23 bits per heavy atom. The van der Waals surface area contributed by atoms with Crippen LogP contribution in [-0.4, -0.2) is 0 Å². The minimum Gasteiger partial charge on any atom is -0.0801 e. The molecule has 0 N–H and O–H groups in total. The van der Waals surface area contributed by atoms with Gasteiger partial charge in [0, 0.05) is 0 Å². The summed E-state index contributed by atoms with van der Waals surface area (Å²) in [5.74, 6) is 0. The Morgan fingerprint density at radius 2 is 1.69 bits per heavy atom. The van der Waals surface area contributed by atoms with E-state index < -0.39 is 0 Å². The molecule has 1 aliphatic carbocycles. The van der Waals surface area contributed by atoms with Gasteiger partial charge in [-0.15, -0.1) is 0 Å². The van der Waals surface area contributed by atoms with Crippen LogP contribution in [0.2, 0.25) is 0 Å². The van der Waals surface area contributed by atoms with Crippen LogP contribution in [0.1, 0.15) is 23.1 Å². The van der Waals surface area contributed by atoms with Gasteiger partial charge in [0.25, 0.3) is 0 Å². The summed E-state index contributed by atoms with van der Waals surface area (Å²) >= 11 is 0. The smallest absolute Gasteiger partial charge is 0.0157 e. The molecule has 1 aliphatic rings. The van der Waals surface area contributed by atoms with Crippen molar-refractivity contribution in [3.05, 3.63) is 53.1 Å². The zero-order chi connectivity index (χ0) is 9.26. The highest BCUT2D eigenvalue weighted by molar-refractivity contribution is 5.76. The van der Waals surface area contributed by atoms with Crippen LogP contribution in [0.15, 0.2) is 36.4 Å². The van der Waals surface area contributed by atoms with E-state index >= 15 is 0 Å². The lowest BCUT2D eigenvalue weighted by Gasteiger charge is -2.03. The predicted molar refractivity (Wildman–Crippen MR) is 57.7 cm³/mol. The van der Waals surface area contributed by atoms with E-state index in [2.05, 4.69) is 50.3 Å². The van der Waals surface area contributed by atoms with E-state index in [1.54, 1.807) is 0 Å². The van der Waals surface area contributed by atoms with Crippen LogP contribution in [0.25, 0.3) is 5.57 Å². The molecule has 0 aliphatic heterocycles. The van der Waals surface area contributed by atoms with Crippen molar-refractivity contribution >= 4 is 5.57 Å². The largest absolute Gasteiger partial charge is 0.0801 e. The highest BCUT2D eigenvalue weighted by Crippen LogP contribution is 2.23. The van der Waals surface area contributed by atoms with E-state index in [4.69, 9.17) is 0 Å². The quantitative estimate of drug-likeness (QED) is 0.603. The number of hydrogen-bond donors (Lipinski definition) is 0. The molecule has 2 rings (SSSR count). The molecule has 0 aromatic heterocycles. The molecular weight excluding hydrogens is 156 g/mol. The Balaban J connectivity index is 2.45. The zero-order valence-corrected chi connectivity index (χ0v) is 8.17. The fourth-order valence-corrected chi connectivity index (χ4v) is 1.81.